The highest BCUT2D eigenvalue weighted by Gasteiger charge is 2.12. The van der Waals surface area contributed by atoms with E-state index in [-0.39, 0.29) is 0 Å². The molecule has 0 atom stereocenters. The zero-order valence-corrected chi connectivity index (χ0v) is 12.3. The number of rotatable bonds is 5. The van der Waals surface area contributed by atoms with Gasteiger partial charge in [0.15, 0.2) is 5.15 Å². The quantitative estimate of drug-likeness (QED) is 0.656. The summed E-state index contributed by atoms with van der Waals surface area (Å²) in [5.74, 6) is 0.643. The van der Waals surface area contributed by atoms with E-state index in [4.69, 9.17) is 21.7 Å². The first-order valence-electron chi connectivity index (χ1n) is 6.12. The van der Waals surface area contributed by atoms with Crippen LogP contribution in [0.1, 0.15) is 5.56 Å². The third kappa shape index (κ3) is 3.55. The average molecular weight is 304 g/mol. The summed E-state index contributed by atoms with van der Waals surface area (Å²) >= 11 is 5.83. The third-order valence-electron chi connectivity index (χ3n) is 2.75. The van der Waals surface area contributed by atoms with Crippen molar-refractivity contribution in [3.8, 4) is 17.0 Å². The largest absolute Gasteiger partial charge is 0.496 e. The van der Waals surface area contributed by atoms with E-state index in [0.717, 1.165) is 23.0 Å². The average Bonchev–Trinajstić information content (AvgIpc) is 2.48. The number of halogens is 1. The first kappa shape index (κ1) is 14.9. The number of nitrogens with one attached hydrogen (secondary N) is 2. The molecule has 0 bridgehead atoms. The van der Waals surface area contributed by atoms with Crippen LogP contribution in [0.15, 0.2) is 29.4 Å². The molecule has 1 aromatic heterocycles. The number of benzene rings is 1. The van der Waals surface area contributed by atoms with Gasteiger partial charge < -0.3 is 10.1 Å². The highest BCUT2D eigenvalue weighted by atomic mass is 35.5. The summed E-state index contributed by atoms with van der Waals surface area (Å²) in [4.78, 5) is 0. The molecule has 21 heavy (non-hydrogen) atoms. The summed E-state index contributed by atoms with van der Waals surface area (Å²) in [6.07, 6.45) is 2.43. The Labute approximate surface area is 127 Å². The molecule has 0 aliphatic rings. The van der Waals surface area contributed by atoms with E-state index in [0.29, 0.717) is 16.6 Å². The number of hydrazone groups is 1. The fraction of sp³-hybridized carbons (Fsp3) is 0.143. The van der Waals surface area contributed by atoms with Crippen LogP contribution in [0, 0.1) is 12.3 Å². The number of nitrogens with zero attached hydrogens (tertiary/aromatic N) is 3. The molecule has 0 saturated heterocycles. The third-order valence-corrected chi connectivity index (χ3v) is 2.94. The fourth-order valence-corrected chi connectivity index (χ4v) is 2.03. The summed E-state index contributed by atoms with van der Waals surface area (Å²) in [6.45, 7) is 1.91. The lowest BCUT2D eigenvalue weighted by molar-refractivity contribution is 0.416. The van der Waals surface area contributed by atoms with Crippen molar-refractivity contribution in [2.75, 3.05) is 12.5 Å². The van der Waals surface area contributed by atoms with Crippen molar-refractivity contribution >= 4 is 29.7 Å². The lowest BCUT2D eigenvalue weighted by Crippen LogP contribution is -1.97. The van der Waals surface area contributed by atoms with E-state index in [1.54, 1.807) is 19.2 Å². The summed E-state index contributed by atoms with van der Waals surface area (Å²) in [5.41, 5.74) is 5.99. The SMILES string of the molecule is COc1cc(N/N=C\C=N)ccc1-c1nnc(Cl)cc1C. The van der Waals surface area contributed by atoms with Gasteiger partial charge in [-0.15, -0.1) is 10.2 Å². The predicted molar refractivity (Wildman–Crippen MR) is 84.7 cm³/mol. The second-order valence-electron chi connectivity index (χ2n) is 4.17. The van der Waals surface area contributed by atoms with Crippen molar-refractivity contribution in [1.29, 1.82) is 5.41 Å². The molecule has 2 rings (SSSR count). The molecule has 0 spiro atoms. The van der Waals surface area contributed by atoms with Gasteiger partial charge in [-0.25, -0.2) is 0 Å². The Kier molecular flexibility index (Phi) is 4.84. The molecule has 2 N–H and O–H groups in total. The number of aryl methyl sites for hydroxylation is 1. The molecular formula is C14H14ClN5O. The molecule has 7 heteroatoms. The topological polar surface area (TPSA) is 83.2 Å². The fourth-order valence-electron chi connectivity index (χ4n) is 1.82. The first-order chi connectivity index (χ1) is 10.2. The highest BCUT2D eigenvalue weighted by Crippen LogP contribution is 2.33. The van der Waals surface area contributed by atoms with Gasteiger partial charge in [-0.2, -0.15) is 5.10 Å². The minimum Gasteiger partial charge on any atom is -0.496 e. The summed E-state index contributed by atoms with van der Waals surface area (Å²) in [6, 6.07) is 7.26. The Balaban J connectivity index is 2.40. The van der Waals surface area contributed by atoms with Gasteiger partial charge in [0.25, 0.3) is 0 Å². The lowest BCUT2D eigenvalue weighted by atomic mass is 10.1. The van der Waals surface area contributed by atoms with Gasteiger partial charge in [0, 0.05) is 17.8 Å². The number of hydrogen-bond acceptors (Lipinski definition) is 6. The van der Waals surface area contributed by atoms with Gasteiger partial charge in [0.1, 0.15) is 5.75 Å². The maximum atomic E-state index is 6.87. The van der Waals surface area contributed by atoms with Gasteiger partial charge in [0.05, 0.1) is 24.7 Å². The maximum absolute atomic E-state index is 6.87. The van der Waals surface area contributed by atoms with E-state index < -0.39 is 0 Å². The van der Waals surface area contributed by atoms with Crippen LogP contribution >= 0.6 is 11.6 Å². The lowest BCUT2D eigenvalue weighted by Gasteiger charge is -2.11. The number of anilines is 1. The van der Waals surface area contributed by atoms with Crippen molar-refractivity contribution in [1.82, 2.24) is 10.2 Å². The van der Waals surface area contributed by atoms with Crippen LogP contribution < -0.4 is 10.2 Å². The van der Waals surface area contributed by atoms with Crippen molar-refractivity contribution in [3.63, 3.8) is 0 Å². The molecule has 1 heterocycles. The molecule has 0 unspecified atom stereocenters. The van der Waals surface area contributed by atoms with Gasteiger partial charge in [-0.3, -0.25) is 5.43 Å². The van der Waals surface area contributed by atoms with Crippen molar-refractivity contribution in [2.45, 2.75) is 6.92 Å². The predicted octanol–water partition coefficient (Wildman–Crippen LogP) is 3.16. The summed E-state index contributed by atoms with van der Waals surface area (Å²) < 4.78 is 5.39. The maximum Gasteiger partial charge on any atom is 0.152 e. The summed E-state index contributed by atoms with van der Waals surface area (Å²) in [7, 11) is 1.59. The molecule has 108 valence electrons. The monoisotopic (exact) mass is 303 g/mol. The number of methoxy groups -OCH3 is 1. The standard InChI is InChI=1S/C14H14ClN5O/c1-9-7-13(15)19-20-14(9)11-4-3-10(8-12(11)21-2)18-17-6-5-16/h3-8,16,18H,1-2H3/b16-5?,17-6-. The van der Waals surface area contributed by atoms with Gasteiger partial charge in [-0.05, 0) is 30.7 Å². The van der Waals surface area contributed by atoms with E-state index in [1.165, 1.54) is 6.21 Å². The minimum atomic E-state index is 0.356. The number of ether oxygens (including phenoxy) is 1. The van der Waals surface area contributed by atoms with Gasteiger partial charge in [-0.1, -0.05) is 11.6 Å². The molecule has 0 saturated carbocycles. The van der Waals surface area contributed by atoms with Crippen LogP contribution in [0.25, 0.3) is 11.3 Å². The Morgan fingerprint density at radius 2 is 2.14 bits per heavy atom. The highest BCUT2D eigenvalue weighted by molar-refractivity contribution is 6.29. The number of hydrogen-bond donors (Lipinski definition) is 2. The zero-order chi connectivity index (χ0) is 15.2. The van der Waals surface area contributed by atoms with Crippen LogP contribution in [0.4, 0.5) is 5.69 Å². The molecule has 2 aromatic rings. The van der Waals surface area contributed by atoms with Crippen LogP contribution in [-0.4, -0.2) is 29.7 Å². The van der Waals surface area contributed by atoms with Crippen LogP contribution in [0.5, 0.6) is 5.75 Å². The summed E-state index contributed by atoms with van der Waals surface area (Å²) in [5, 5.41) is 19.1. The molecule has 0 radical (unpaired) electrons. The molecule has 1 aromatic carbocycles. The molecule has 0 amide bonds. The Bertz CT molecular complexity index is 687. The molecular weight excluding hydrogens is 290 g/mol. The van der Waals surface area contributed by atoms with Gasteiger partial charge >= 0.3 is 0 Å². The normalized spacial score (nSPS) is 10.6. The van der Waals surface area contributed by atoms with E-state index in [9.17, 15) is 0 Å². The Morgan fingerprint density at radius 1 is 1.33 bits per heavy atom. The van der Waals surface area contributed by atoms with E-state index >= 15 is 0 Å². The molecule has 6 nitrogen and oxygen atoms in total. The van der Waals surface area contributed by atoms with Crippen LogP contribution in [0.3, 0.4) is 0 Å². The van der Waals surface area contributed by atoms with Crippen molar-refractivity contribution in [2.24, 2.45) is 5.10 Å². The first-order valence-corrected chi connectivity index (χ1v) is 6.50. The number of aromatic nitrogens is 2. The van der Waals surface area contributed by atoms with Crippen molar-refractivity contribution < 1.29 is 4.74 Å². The Morgan fingerprint density at radius 3 is 2.81 bits per heavy atom. The van der Waals surface area contributed by atoms with Crippen LogP contribution in [-0.2, 0) is 0 Å². The zero-order valence-electron chi connectivity index (χ0n) is 11.6. The van der Waals surface area contributed by atoms with Crippen molar-refractivity contribution in [3.05, 3.63) is 35.0 Å². The molecule has 0 fully saturated rings. The second-order valence-corrected chi connectivity index (χ2v) is 4.56. The Hall–Kier alpha value is -2.47. The minimum absolute atomic E-state index is 0.356. The molecule has 0 aliphatic heterocycles. The van der Waals surface area contributed by atoms with E-state index in [1.807, 2.05) is 19.1 Å². The van der Waals surface area contributed by atoms with Crippen LogP contribution in [0.2, 0.25) is 5.15 Å². The second kappa shape index (κ2) is 6.81. The smallest absolute Gasteiger partial charge is 0.152 e. The van der Waals surface area contributed by atoms with E-state index in [2.05, 4.69) is 20.7 Å². The van der Waals surface area contributed by atoms with Gasteiger partial charge in [0.2, 0.25) is 0 Å². The molecule has 0 aliphatic carbocycles.